The first kappa shape index (κ1) is 17.7. The van der Waals surface area contributed by atoms with Crippen molar-refractivity contribution in [2.24, 2.45) is 0 Å². The van der Waals surface area contributed by atoms with Gasteiger partial charge in [0.1, 0.15) is 5.69 Å². The van der Waals surface area contributed by atoms with Gasteiger partial charge in [-0.3, -0.25) is 4.79 Å². The van der Waals surface area contributed by atoms with E-state index in [0.29, 0.717) is 0 Å². The van der Waals surface area contributed by atoms with E-state index >= 15 is 0 Å². The fourth-order valence-electron chi connectivity index (χ4n) is 2.52. The Hall–Kier alpha value is -3.16. The molecule has 3 rings (SSSR count). The van der Waals surface area contributed by atoms with Gasteiger partial charge in [0, 0.05) is 18.9 Å². The molecule has 134 valence electrons. The number of aryl methyl sites for hydroxylation is 1. The molecule has 0 fully saturated rings. The van der Waals surface area contributed by atoms with Gasteiger partial charge in [0.05, 0.1) is 16.9 Å². The molecule has 26 heavy (non-hydrogen) atoms. The molecule has 8 heteroatoms. The zero-order valence-electron chi connectivity index (χ0n) is 13.8. The number of para-hydroxylation sites is 1. The minimum atomic E-state index is -4.54. The second-order valence-electron chi connectivity index (χ2n) is 5.59. The average molecular weight is 360 g/mol. The van der Waals surface area contributed by atoms with Crippen molar-refractivity contribution in [3.63, 3.8) is 0 Å². The van der Waals surface area contributed by atoms with Gasteiger partial charge in [-0.25, -0.2) is 9.67 Å². The number of nitrogens with one attached hydrogen (secondary N) is 1. The van der Waals surface area contributed by atoms with Crippen molar-refractivity contribution in [3.8, 4) is 5.69 Å². The quantitative estimate of drug-likeness (QED) is 0.774. The highest BCUT2D eigenvalue weighted by molar-refractivity contribution is 5.95. The van der Waals surface area contributed by atoms with Crippen LogP contribution in [0.25, 0.3) is 5.69 Å². The lowest BCUT2D eigenvalue weighted by atomic mass is 10.1. The molecule has 1 amide bonds. The number of rotatable bonds is 4. The van der Waals surface area contributed by atoms with Gasteiger partial charge >= 0.3 is 6.18 Å². The second-order valence-corrected chi connectivity index (χ2v) is 5.59. The lowest BCUT2D eigenvalue weighted by molar-refractivity contribution is -0.141. The standard InChI is InChI=1S/C18H15F3N4O/c1-12-14(7-8-16(24-12)18(19,20)21)17(26)22-11-13-5-2-3-6-15(13)25-10-4-9-23-25/h2-10H,11H2,1H3,(H,22,26). The molecule has 5 nitrogen and oxygen atoms in total. The van der Waals surface area contributed by atoms with Crippen LogP contribution < -0.4 is 5.32 Å². The molecule has 0 radical (unpaired) electrons. The van der Waals surface area contributed by atoms with Crippen molar-refractivity contribution in [1.82, 2.24) is 20.1 Å². The minimum Gasteiger partial charge on any atom is -0.348 e. The number of hydrogen-bond acceptors (Lipinski definition) is 3. The van der Waals surface area contributed by atoms with E-state index in [4.69, 9.17) is 0 Å². The number of carbonyl (C=O) groups excluding carboxylic acids is 1. The first-order chi connectivity index (χ1) is 12.4. The van der Waals surface area contributed by atoms with Crippen molar-refractivity contribution in [1.29, 1.82) is 0 Å². The maximum atomic E-state index is 12.7. The number of pyridine rings is 1. The summed E-state index contributed by atoms with van der Waals surface area (Å²) < 4.78 is 39.7. The molecule has 0 saturated carbocycles. The van der Waals surface area contributed by atoms with Gasteiger partial charge in [-0.1, -0.05) is 18.2 Å². The third kappa shape index (κ3) is 3.74. The molecule has 0 bridgehead atoms. The highest BCUT2D eigenvalue weighted by Gasteiger charge is 2.33. The highest BCUT2D eigenvalue weighted by Crippen LogP contribution is 2.28. The molecule has 1 N–H and O–H groups in total. The van der Waals surface area contributed by atoms with E-state index < -0.39 is 17.8 Å². The molecule has 0 atom stereocenters. The van der Waals surface area contributed by atoms with E-state index in [1.54, 1.807) is 23.1 Å². The summed E-state index contributed by atoms with van der Waals surface area (Å²) in [5.41, 5.74) is 0.741. The number of amides is 1. The lowest BCUT2D eigenvalue weighted by Crippen LogP contribution is -2.25. The Labute approximate surface area is 147 Å². The third-order valence-electron chi connectivity index (χ3n) is 3.80. The number of carbonyl (C=O) groups is 1. The Balaban J connectivity index is 1.76. The van der Waals surface area contributed by atoms with Crippen LogP contribution in [-0.2, 0) is 12.7 Å². The van der Waals surface area contributed by atoms with E-state index in [2.05, 4.69) is 15.4 Å². The minimum absolute atomic E-state index is 0.0256. The van der Waals surface area contributed by atoms with Crippen molar-refractivity contribution < 1.29 is 18.0 Å². The summed E-state index contributed by atoms with van der Waals surface area (Å²) >= 11 is 0. The van der Waals surface area contributed by atoms with Crippen LogP contribution >= 0.6 is 0 Å². The second kappa shape index (κ2) is 6.99. The predicted octanol–water partition coefficient (Wildman–Crippen LogP) is 3.52. The van der Waals surface area contributed by atoms with Crippen molar-refractivity contribution in [2.75, 3.05) is 0 Å². The molecule has 0 spiro atoms. The zero-order valence-corrected chi connectivity index (χ0v) is 13.8. The van der Waals surface area contributed by atoms with E-state index in [9.17, 15) is 18.0 Å². The van der Waals surface area contributed by atoms with Gasteiger partial charge in [0.25, 0.3) is 5.91 Å². The van der Waals surface area contributed by atoms with Gasteiger partial charge in [0.2, 0.25) is 0 Å². The monoisotopic (exact) mass is 360 g/mol. The SMILES string of the molecule is Cc1nc(C(F)(F)F)ccc1C(=O)NCc1ccccc1-n1cccn1. The lowest BCUT2D eigenvalue weighted by Gasteiger charge is -2.12. The van der Waals surface area contributed by atoms with Crippen LogP contribution in [0, 0.1) is 6.92 Å². The molecule has 3 aromatic rings. The summed E-state index contributed by atoms with van der Waals surface area (Å²) in [6.07, 6.45) is -1.11. The number of nitrogens with zero attached hydrogens (tertiary/aromatic N) is 3. The van der Waals surface area contributed by atoms with E-state index in [1.807, 2.05) is 24.3 Å². The Morgan fingerprint density at radius 2 is 1.92 bits per heavy atom. The Kier molecular flexibility index (Phi) is 4.75. The van der Waals surface area contributed by atoms with Crippen LogP contribution in [0.1, 0.15) is 27.3 Å². The molecule has 2 heterocycles. The van der Waals surface area contributed by atoms with Gasteiger partial charge in [-0.2, -0.15) is 18.3 Å². The number of aromatic nitrogens is 3. The smallest absolute Gasteiger partial charge is 0.348 e. The first-order valence-electron chi connectivity index (χ1n) is 7.77. The number of benzene rings is 1. The number of halogens is 3. The molecule has 0 aliphatic heterocycles. The molecule has 2 aromatic heterocycles. The molecular formula is C18H15F3N4O. The predicted molar refractivity (Wildman–Crippen MR) is 88.7 cm³/mol. The molecular weight excluding hydrogens is 345 g/mol. The maximum absolute atomic E-state index is 12.7. The fraction of sp³-hybridized carbons (Fsp3) is 0.167. The van der Waals surface area contributed by atoms with Crippen LogP contribution in [0.4, 0.5) is 13.2 Å². The third-order valence-corrected chi connectivity index (χ3v) is 3.80. The van der Waals surface area contributed by atoms with Crippen LogP contribution in [0.2, 0.25) is 0 Å². The summed E-state index contributed by atoms with van der Waals surface area (Å²) in [4.78, 5) is 15.8. The van der Waals surface area contributed by atoms with Gasteiger partial charge in [-0.05, 0) is 36.8 Å². The Bertz CT molecular complexity index is 920. The van der Waals surface area contributed by atoms with Gasteiger partial charge < -0.3 is 5.32 Å². The Morgan fingerprint density at radius 1 is 1.15 bits per heavy atom. The van der Waals surface area contributed by atoms with Crippen LogP contribution in [0.5, 0.6) is 0 Å². The normalized spacial score (nSPS) is 11.4. The van der Waals surface area contributed by atoms with Crippen molar-refractivity contribution in [2.45, 2.75) is 19.6 Å². The topological polar surface area (TPSA) is 59.8 Å². The first-order valence-corrected chi connectivity index (χ1v) is 7.77. The van der Waals surface area contributed by atoms with Crippen LogP contribution in [0.15, 0.2) is 54.9 Å². The van der Waals surface area contributed by atoms with Crippen LogP contribution in [-0.4, -0.2) is 20.7 Å². The largest absolute Gasteiger partial charge is 0.433 e. The summed E-state index contributed by atoms with van der Waals surface area (Å²) in [5.74, 6) is -0.487. The van der Waals surface area contributed by atoms with E-state index in [0.717, 1.165) is 23.4 Å². The van der Waals surface area contributed by atoms with E-state index in [-0.39, 0.29) is 17.8 Å². The summed E-state index contributed by atoms with van der Waals surface area (Å²) in [7, 11) is 0. The van der Waals surface area contributed by atoms with Gasteiger partial charge in [-0.15, -0.1) is 0 Å². The molecule has 0 aliphatic carbocycles. The van der Waals surface area contributed by atoms with E-state index in [1.165, 1.54) is 6.92 Å². The Morgan fingerprint density at radius 3 is 2.58 bits per heavy atom. The molecule has 0 aliphatic rings. The summed E-state index contributed by atoms with van der Waals surface area (Å²) in [5, 5.41) is 6.88. The summed E-state index contributed by atoms with van der Waals surface area (Å²) in [6.45, 7) is 1.58. The van der Waals surface area contributed by atoms with Crippen molar-refractivity contribution in [3.05, 3.63) is 77.4 Å². The van der Waals surface area contributed by atoms with Gasteiger partial charge in [0.15, 0.2) is 0 Å². The maximum Gasteiger partial charge on any atom is 0.433 e. The summed E-state index contributed by atoms with van der Waals surface area (Å²) in [6, 6.07) is 11.1. The molecule has 1 aromatic carbocycles. The zero-order chi connectivity index (χ0) is 18.7. The number of hydrogen-bond donors (Lipinski definition) is 1. The fourth-order valence-corrected chi connectivity index (χ4v) is 2.52. The number of alkyl halides is 3. The molecule has 0 saturated heterocycles. The average Bonchev–Trinajstić information content (AvgIpc) is 3.13. The highest BCUT2D eigenvalue weighted by atomic mass is 19.4. The molecule has 0 unspecified atom stereocenters. The van der Waals surface area contributed by atoms with Crippen LogP contribution in [0.3, 0.4) is 0 Å². The van der Waals surface area contributed by atoms with Crippen molar-refractivity contribution >= 4 is 5.91 Å².